The third-order valence-electron chi connectivity index (χ3n) is 6.02. The van der Waals surface area contributed by atoms with Gasteiger partial charge in [0.05, 0.1) is 17.1 Å². The summed E-state index contributed by atoms with van der Waals surface area (Å²) in [6.45, 7) is 2.95. The molecule has 1 aliphatic heterocycles. The van der Waals surface area contributed by atoms with Gasteiger partial charge in [-0.1, -0.05) is 48.9 Å². The second kappa shape index (κ2) is 9.67. The maximum Gasteiger partial charge on any atom is 0.230 e. The Labute approximate surface area is 197 Å². The molecule has 0 atom stereocenters. The van der Waals surface area contributed by atoms with Crippen LogP contribution in [0.25, 0.3) is 11.4 Å². The maximum atomic E-state index is 12.8. The quantitative estimate of drug-likeness (QED) is 0.431. The molecule has 7 heteroatoms. The summed E-state index contributed by atoms with van der Waals surface area (Å²) >= 11 is 1.60. The number of carbonyl (C=O) groups excluding carboxylic acids is 1. The first kappa shape index (κ1) is 21.5. The van der Waals surface area contributed by atoms with Gasteiger partial charge in [0.15, 0.2) is 5.82 Å². The molecule has 2 aromatic heterocycles. The number of fused-ring (bicyclic) bond motifs is 1. The fourth-order valence-electron chi connectivity index (χ4n) is 4.24. The summed E-state index contributed by atoms with van der Waals surface area (Å²) in [5.41, 5.74) is 4.84. The molecule has 0 saturated heterocycles. The molecule has 2 aromatic carbocycles. The van der Waals surface area contributed by atoms with E-state index in [2.05, 4.69) is 43.3 Å². The molecular weight excluding hydrogens is 430 g/mol. The molecule has 1 aliphatic rings. The van der Waals surface area contributed by atoms with Crippen LogP contribution in [-0.2, 0) is 30.6 Å². The molecule has 3 heterocycles. The number of hydrogen-bond donors (Lipinski definition) is 1. The molecule has 1 N–H and O–H groups in total. The van der Waals surface area contributed by atoms with Crippen LogP contribution in [0.3, 0.4) is 0 Å². The van der Waals surface area contributed by atoms with Gasteiger partial charge >= 0.3 is 0 Å². The lowest BCUT2D eigenvalue weighted by molar-refractivity contribution is -0.115. The molecule has 0 unspecified atom stereocenters. The number of amides is 1. The largest absolute Gasteiger partial charge is 0.325 e. The molecule has 5 rings (SSSR count). The van der Waals surface area contributed by atoms with Crippen molar-refractivity contribution in [3.8, 4) is 11.4 Å². The number of carbonyl (C=O) groups is 1. The Kier molecular flexibility index (Phi) is 6.30. The van der Waals surface area contributed by atoms with Crippen molar-refractivity contribution >= 4 is 22.9 Å². The molecule has 0 spiro atoms. The molecule has 0 bridgehead atoms. The number of hydrogen-bond acceptors (Lipinski definition) is 5. The molecule has 0 saturated carbocycles. The van der Waals surface area contributed by atoms with Crippen LogP contribution in [-0.4, -0.2) is 25.7 Å². The van der Waals surface area contributed by atoms with Crippen LogP contribution in [0.4, 0.5) is 5.69 Å². The van der Waals surface area contributed by atoms with Crippen molar-refractivity contribution in [3.63, 3.8) is 0 Å². The highest BCUT2D eigenvalue weighted by Gasteiger charge is 2.17. The normalized spacial score (nSPS) is 13.4. The Morgan fingerprint density at radius 3 is 2.85 bits per heavy atom. The fraction of sp³-hybridized carbons (Fsp3) is 0.308. The predicted molar refractivity (Wildman–Crippen MR) is 131 cm³/mol. The summed E-state index contributed by atoms with van der Waals surface area (Å²) in [5.74, 6) is 1.88. The van der Waals surface area contributed by atoms with E-state index >= 15 is 0 Å². The van der Waals surface area contributed by atoms with Crippen molar-refractivity contribution in [1.29, 1.82) is 0 Å². The molecule has 4 aromatic rings. The van der Waals surface area contributed by atoms with Gasteiger partial charge in [-0.25, -0.2) is 4.98 Å². The highest BCUT2D eigenvalue weighted by atomic mass is 32.1. The number of anilines is 1. The van der Waals surface area contributed by atoms with E-state index in [9.17, 15) is 4.79 Å². The molecule has 0 fully saturated rings. The van der Waals surface area contributed by atoms with Gasteiger partial charge in [0, 0.05) is 36.0 Å². The lowest BCUT2D eigenvalue weighted by atomic mass is 10.1. The van der Waals surface area contributed by atoms with Crippen molar-refractivity contribution in [2.75, 3.05) is 5.32 Å². The predicted octanol–water partition coefficient (Wildman–Crippen LogP) is 5.21. The zero-order valence-electron chi connectivity index (χ0n) is 18.8. The van der Waals surface area contributed by atoms with E-state index in [1.165, 1.54) is 12.0 Å². The van der Waals surface area contributed by atoms with E-state index in [1.807, 2.05) is 42.6 Å². The summed E-state index contributed by atoms with van der Waals surface area (Å²) in [5, 5.41) is 15.0. The highest BCUT2D eigenvalue weighted by molar-refractivity contribution is 7.09. The van der Waals surface area contributed by atoms with E-state index in [4.69, 9.17) is 0 Å². The maximum absolute atomic E-state index is 12.8. The Bertz CT molecular complexity index is 1260. The summed E-state index contributed by atoms with van der Waals surface area (Å²) in [7, 11) is 0. The van der Waals surface area contributed by atoms with Crippen molar-refractivity contribution < 1.29 is 4.79 Å². The number of thiazole rings is 1. The third-order valence-corrected chi connectivity index (χ3v) is 6.92. The second-order valence-electron chi connectivity index (χ2n) is 8.55. The van der Waals surface area contributed by atoms with Crippen LogP contribution in [0.5, 0.6) is 0 Å². The van der Waals surface area contributed by atoms with Crippen LogP contribution in [0.2, 0.25) is 0 Å². The van der Waals surface area contributed by atoms with E-state index < -0.39 is 0 Å². The lowest BCUT2D eigenvalue weighted by Crippen LogP contribution is -2.15. The SMILES string of the molecule is Cc1ccc(-c2nnc3n2CCCCC3)cc1NC(=O)Cc1csc(Cc2ccccc2)n1. The molecule has 0 radical (unpaired) electrons. The molecule has 6 nitrogen and oxygen atoms in total. The van der Waals surface area contributed by atoms with Crippen LogP contribution >= 0.6 is 11.3 Å². The Balaban J connectivity index is 1.28. The molecule has 33 heavy (non-hydrogen) atoms. The van der Waals surface area contributed by atoms with Gasteiger partial charge in [0.1, 0.15) is 5.82 Å². The van der Waals surface area contributed by atoms with Gasteiger partial charge < -0.3 is 9.88 Å². The first-order chi connectivity index (χ1) is 16.2. The first-order valence-corrected chi connectivity index (χ1v) is 12.3. The average molecular weight is 458 g/mol. The van der Waals surface area contributed by atoms with Gasteiger partial charge in [-0.2, -0.15) is 0 Å². The summed E-state index contributed by atoms with van der Waals surface area (Å²) in [4.78, 5) is 17.5. The lowest BCUT2D eigenvalue weighted by Gasteiger charge is -2.11. The average Bonchev–Trinajstić information content (AvgIpc) is 3.35. The van der Waals surface area contributed by atoms with Crippen molar-refractivity contribution in [2.24, 2.45) is 0 Å². The van der Waals surface area contributed by atoms with Gasteiger partial charge in [-0.3, -0.25) is 4.79 Å². The Morgan fingerprint density at radius 2 is 1.97 bits per heavy atom. The zero-order chi connectivity index (χ0) is 22.6. The minimum Gasteiger partial charge on any atom is -0.325 e. The van der Waals surface area contributed by atoms with E-state index in [0.717, 1.165) is 71.4 Å². The second-order valence-corrected chi connectivity index (χ2v) is 9.49. The van der Waals surface area contributed by atoms with Crippen LogP contribution < -0.4 is 5.32 Å². The smallest absolute Gasteiger partial charge is 0.230 e. The number of rotatable bonds is 6. The summed E-state index contributed by atoms with van der Waals surface area (Å²) in [6, 6.07) is 16.4. The topological polar surface area (TPSA) is 72.7 Å². The highest BCUT2D eigenvalue weighted by Crippen LogP contribution is 2.27. The van der Waals surface area contributed by atoms with Gasteiger partial charge in [-0.15, -0.1) is 21.5 Å². The number of aromatic nitrogens is 4. The summed E-state index contributed by atoms with van der Waals surface area (Å²) in [6.07, 6.45) is 5.56. The van der Waals surface area contributed by atoms with Crippen molar-refractivity contribution in [2.45, 2.75) is 52.0 Å². The molecule has 1 amide bonds. The van der Waals surface area contributed by atoms with Crippen molar-refractivity contribution in [3.05, 3.63) is 81.6 Å². The number of nitrogens with zero attached hydrogens (tertiary/aromatic N) is 4. The standard InChI is InChI=1S/C26H27N5OS/c1-18-11-12-20(26-30-29-23-10-6-3-7-13-31(23)26)15-22(18)28-24(32)16-21-17-33-25(27-21)14-19-8-4-2-5-9-19/h2,4-5,8-9,11-12,15,17H,3,6-7,10,13-14,16H2,1H3,(H,28,32). The third kappa shape index (κ3) is 5.03. The van der Waals surface area contributed by atoms with E-state index in [0.29, 0.717) is 0 Å². The fourth-order valence-corrected chi connectivity index (χ4v) is 5.06. The van der Waals surface area contributed by atoms with Gasteiger partial charge in [0.2, 0.25) is 5.91 Å². The summed E-state index contributed by atoms with van der Waals surface area (Å²) < 4.78 is 2.23. The monoisotopic (exact) mass is 457 g/mol. The number of aryl methyl sites for hydroxylation is 2. The molecule has 0 aliphatic carbocycles. The number of benzene rings is 2. The Hall–Kier alpha value is -3.32. The van der Waals surface area contributed by atoms with Crippen LogP contribution in [0.15, 0.2) is 53.9 Å². The minimum absolute atomic E-state index is 0.0631. The molecule has 168 valence electrons. The van der Waals surface area contributed by atoms with Gasteiger partial charge in [0.25, 0.3) is 0 Å². The molecular formula is C26H27N5OS. The zero-order valence-corrected chi connectivity index (χ0v) is 19.6. The Morgan fingerprint density at radius 1 is 1.09 bits per heavy atom. The van der Waals surface area contributed by atoms with Crippen LogP contribution in [0, 0.1) is 6.92 Å². The first-order valence-electron chi connectivity index (χ1n) is 11.5. The van der Waals surface area contributed by atoms with Crippen molar-refractivity contribution in [1.82, 2.24) is 19.7 Å². The minimum atomic E-state index is -0.0631. The van der Waals surface area contributed by atoms with Gasteiger partial charge in [-0.05, 0) is 37.0 Å². The number of nitrogens with one attached hydrogen (secondary N) is 1. The van der Waals surface area contributed by atoms with E-state index in [1.54, 1.807) is 11.3 Å². The van der Waals surface area contributed by atoms with E-state index in [-0.39, 0.29) is 12.3 Å². The van der Waals surface area contributed by atoms with Crippen LogP contribution in [0.1, 0.15) is 46.9 Å².